The van der Waals surface area contributed by atoms with Gasteiger partial charge in [-0.05, 0) is 11.5 Å². The third-order valence-electron chi connectivity index (χ3n) is 1.75. The number of rotatable bonds is 4. The van der Waals surface area contributed by atoms with Crippen LogP contribution in [-0.2, 0) is 16.1 Å². The molecular weight excluding hydrogens is 266 g/mol. The first-order valence-corrected chi connectivity index (χ1v) is 5.47. The van der Waals surface area contributed by atoms with Gasteiger partial charge in [-0.15, -0.1) is 0 Å². The summed E-state index contributed by atoms with van der Waals surface area (Å²) in [7, 11) is 0. The Bertz CT molecular complexity index is 429. The van der Waals surface area contributed by atoms with Gasteiger partial charge in [0.25, 0.3) is 5.78 Å². The predicted molar refractivity (Wildman–Crippen MR) is 64.4 cm³/mol. The Labute approximate surface area is 109 Å². The molecule has 1 aromatic rings. The van der Waals surface area contributed by atoms with E-state index in [2.05, 4.69) is 5.92 Å². The van der Waals surface area contributed by atoms with Crippen LogP contribution < -0.4 is 0 Å². The lowest BCUT2D eigenvalue weighted by Crippen LogP contribution is -2.17. The molecule has 0 saturated carbocycles. The van der Waals surface area contributed by atoms with Crippen LogP contribution in [0, 0.1) is 11.8 Å². The number of ether oxygens (including phenoxy) is 1. The zero-order chi connectivity index (χ0) is 12.7. The van der Waals surface area contributed by atoms with E-state index in [9.17, 15) is 9.18 Å². The molecule has 5 heteroatoms. The molecule has 17 heavy (non-hydrogen) atoms. The smallest absolute Gasteiger partial charge is 0.328 e. The molecule has 0 amide bonds. The van der Waals surface area contributed by atoms with Crippen molar-refractivity contribution in [2.75, 3.05) is 6.61 Å². The Balaban J connectivity index is 2.30. The van der Waals surface area contributed by atoms with E-state index >= 15 is 0 Å². The summed E-state index contributed by atoms with van der Waals surface area (Å²) in [6.07, 6.45) is 0. The summed E-state index contributed by atoms with van der Waals surface area (Å²) in [4.78, 5) is 10.8. The van der Waals surface area contributed by atoms with E-state index in [1.54, 1.807) is 0 Å². The molecule has 0 N–H and O–H groups in total. The fraction of sp³-hybridized carbons (Fsp3) is 0.250. The van der Waals surface area contributed by atoms with Gasteiger partial charge in [-0.1, -0.05) is 59.5 Å². The number of halogens is 3. The van der Waals surface area contributed by atoms with Crippen molar-refractivity contribution in [3.63, 3.8) is 0 Å². The van der Waals surface area contributed by atoms with E-state index in [0.717, 1.165) is 5.56 Å². The molecule has 0 spiro atoms. The maximum Gasteiger partial charge on any atom is 0.328 e. The molecule has 0 atom stereocenters. The quantitative estimate of drug-likeness (QED) is 0.365. The van der Waals surface area contributed by atoms with Gasteiger partial charge in [0.15, 0.2) is 0 Å². The number of ketones is 1. The molecule has 0 aliphatic rings. The molecule has 0 saturated heterocycles. The molecule has 0 aliphatic heterocycles. The normalized spacial score (nSPS) is 10.5. The number of hydrogen-bond donors (Lipinski definition) is 0. The molecule has 0 aliphatic carbocycles. The molecule has 0 unspecified atom stereocenters. The van der Waals surface area contributed by atoms with E-state index in [0.29, 0.717) is 6.61 Å². The van der Waals surface area contributed by atoms with Crippen molar-refractivity contribution in [3.05, 3.63) is 35.9 Å². The van der Waals surface area contributed by atoms with Crippen LogP contribution in [0.1, 0.15) is 5.56 Å². The largest absolute Gasteiger partial charge is 0.364 e. The van der Waals surface area contributed by atoms with Crippen LogP contribution in [0.15, 0.2) is 30.3 Å². The molecule has 2 nitrogen and oxygen atoms in total. The number of alkyl halides is 3. The maximum atomic E-state index is 12.6. The van der Waals surface area contributed by atoms with Crippen LogP contribution in [0.3, 0.4) is 0 Å². The van der Waals surface area contributed by atoms with Crippen LogP contribution in [0.25, 0.3) is 0 Å². The van der Waals surface area contributed by atoms with E-state index in [-0.39, 0.29) is 6.61 Å². The highest BCUT2D eigenvalue weighted by atomic mass is 35.5. The first-order chi connectivity index (χ1) is 8.00. The van der Waals surface area contributed by atoms with Gasteiger partial charge in [0.2, 0.25) is 0 Å². The summed E-state index contributed by atoms with van der Waals surface area (Å²) in [5, 5.41) is 0. The highest BCUT2D eigenvalue weighted by molar-refractivity contribution is 6.58. The number of carbonyl (C=O) groups is 1. The van der Waals surface area contributed by atoms with Crippen LogP contribution in [0.5, 0.6) is 0 Å². The Hall–Kier alpha value is -1.08. The summed E-state index contributed by atoms with van der Waals surface area (Å²) < 4.78 is 14.8. The summed E-state index contributed by atoms with van der Waals surface area (Å²) in [5.41, 5.74) is 0.982. The molecule has 0 radical (unpaired) electrons. The summed E-state index contributed by atoms with van der Waals surface area (Å²) in [6, 6.07) is 9.44. The highest BCUT2D eigenvalue weighted by Gasteiger charge is 2.31. The minimum atomic E-state index is -2.95. The van der Waals surface area contributed by atoms with Crippen LogP contribution in [-0.4, -0.2) is 17.0 Å². The average molecular weight is 275 g/mol. The minimum absolute atomic E-state index is 0.00446. The van der Waals surface area contributed by atoms with E-state index < -0.39 is 10.4 Å². The lowest BCUT2D eigenvalue weighted by molar-refractivity contribution is -0.117. The van der Waals surface area contributed by atoms with Gasteiger partial charge in [-0.2, -0.15) is 4.39 Å². The van der Waals surface area contributed by atoms with Crippen molar-refractivity contribution >= 4 is 29.0 Å². The first kappa shape index (κ1) is 14.0. The molecular formula is C12H9Cl2FO2. The average Bonchev–Trinajstić information content (AvgIpc) is 2.28. The molecule has 1 rings (SSSR count). The van der Waals surface area contributed by atoms with Crippen molar-refractivity contribution in [2.45, 2.75) is 11.2 Å². The van der Waals surface area contributed by atoms with Crippen LogP contribution in [0.4, 0.5) is 4.39 Å². The second-order valence-corrected chi connectivity index (χ2v) is 4.34. The number of carbonyl (C=O) groups excluding carboxylic acids is 1. The summed E-state index contributed by atoms with van der Waals surface area (Å²) in [5.74, 6) is 3.10. The second-order valence-electron chi connectivity index (χ2n) is 3.11. The number of Topliss-reactive ketones (excluding diaryl/α,β-unsaturated/α-hetero) is 1. The van der Waals surface area contributed by atoms with E-state index in [1.165, 1.54) is 0 Å². The fourth-order valence-corrected chi connectivity index (χ4v) is 1.08. The van der Waals surface area contributed by atoms with Gasteiger partial charge in [-0.25, -0.2) is 0 Å². The zero-order valence-electron chi connectivity index (χ0n) is 8.75. The van der Waals surface area contributed by atoms with E-state index in [4.69, 9.17) is 27.9 Å². The van der Waals surface area contributed by atoms with Crippen molar-refractivity contribution in [1.82, 2.24) is 0 Å². The molecule has 1 aromatic carbocycles. The Morgan fingerprint density at radius 2 is 2.00 bits per heavy atom. The van der Waals surface area contributed by atoms with Crippen molar-refractivity contribution in [3.8, 4) is 11.8 Å². The Morgan fingerprint density at radius 3 is 2.59 bits per heavy atom. The molecule has 0 aromatic heterocycles. The molecule has 90 valence electrons. The second kappa shape index (κ2) is 6.61. The highest BCUT2D eigenvalue weighted by Crippen LogP contribution is 2.22. The first-order valence-electron chi connectivity index (χ1n) is 4.72. The predicted octanol–water partition coefficient (Wildman–Crippen LogP) is 2.88. The monoisotopic (exact) mass is 274 g/mol. The van der Waals surface area contributed by atoms with Crippen molar-refractivity contribution in [1.29, 1.82) is 0 Å². The van der Waals surface area contributed by atoms with Gasteiger partial charge >= 0.3 is 4.59 Å². The van der Waals surface area contributed by atoms with E-state index in [1.807, 2.05) is 36.3 Å². The van der Waals surface area contributed by atoms with Gasteiger partial charge in [0.1, 0.15) is 6.61 Å². The SMILES string of the molecule is O=C(C#CCOCc1ccccc1)C(F)(Cl)Cl. The summed E-state index contributed by atoms with van der Waals surface area (Å²) >= 11 is 9.80. The maximum absolute atomic E-state index is 12.6. The van der Waals surface area contributed by atoms with Gasteiger partial charge < -0.3 is 4.74 Å². The molecule has 0 bridgehead atoms. The lowest BCUT2D eigenvalue weighted by Gasteiger charge is -2.01. The minimum Gasteiger partial charge on any atom is -0.364 e. The Morgan fingerprint density at radius 1 is 1.35 bits per heavy atom. The molecule has 0 heterocycles. The van der Waals surface area contributed by atoms with Crippen molar-refractivity contribution < 1.29 is 13.9 Å². The third-order valence-corrected chi connectivity index (χ3v) is 2.09. The Kier molecular flexibility index (Phi) is 5.43. The molecule has 0 fully saturated rings. The lowest BCUT2D eigenvalue weighted by atomic mass is 10.2. The fourth-order valence-electron chi connectivity index (χ4n) is 0.981. The van der Waals surface area contributed by atoms with Gasteiger partial charge in [0.05, 0.1) is 6.61 Å². The standard InChI is InChI=1S/C12H9Cl2FO2/c13-12(14,15)11(16)7-4-8-17-9-10-5-2-1-3-6-10/h1-3,5-6H,8-9H2. The van der Waals surface area contributed by atoms with Crippen LogP contribution in [0.2, 0.25) is 0 Å². The van der Waals surface area contributed by atoms with Gasteiger partial charge in [0, 0.05) is 0 Å². The number of hydrogen-bond acceptors (Lipinski definition) is 2. The zero-order valence-corrected chi connectivity index (χ0v) is 10.3. The number of benzene rings is 1. The summed E-state index contributed by atoms with van der Waals surface area (Å²) in [6.45, 7) is 0.372. The third kappa shape index (κ3) is 5.69. The van der Waals surface area contributed by atoms with Crippen LogP contribution >= 0.6 is 23.2 Å². The topological polar surface area (TPSA) is 26.3 Å². The van der Waals surface area contributed by atoms with Gasteiger partial charge in [-0.3, -0.25) is 4.79 Å². The van der Waals surface area contributed by atoms with Crippen molar-refractivity contribution in [2.24, 2.45) is 0 Å².